The maximum absolute atomic E-state index is 5.19. The first-order chi connectivity index (χ1) is 27.0. The lowest BCUT2D eigenvalue weighted by Gasteiger charge is -2.26. The molecule has 0 radical (unpaired) electrons. The van der Waals surface area contributed by atoms with Gasteiger partial charge < -0.3 is 5.32 Å². The van der Waals surface area contributed by atoms with E-state index in [1.807, 2.05) is 50.2 Å². The number of aryl methyl sites for hydroxylation is 3. The van der Waals surface area contributed by atoms with E-state index in [4.69, 9.17) is 4.99 Å². The van der Waals surface area contributed by atoms with Crippen LogP contribution in [-0.4, -0.2) is 11.8 Å². The van der Waals surface area contributed by atoms with Crippen molar-refractivity contribution in [3.8, 4) is 22.3 Å². The van der Waals surface area contributed by atoms with E-state index in [2.05, 4.69) is 178 Å². The second kappa shape index (κ2) is 17.1. The van der Waals surface area contributed by atoms with Crippen molar-refractivity contribution in [3.05, 3.63) is 221 Å². The molecule has 7 aromatic rings. The van der Waals surface area contributed by atoms with E-state index < -0.39 is 0 Å². The van der Waals surface area contributed by atoms with Crippen molar-refractivity contribution in [1.82, 2.24) is 5.32 Å². The van der Waals surface area contributed by atoms with E-state index >= 15 is 0 Å². The Hall–Kier alpha value is -6.51. The Morgan fingerprint density at radius 2 is 0.909 bits per heavy atom. The number of nitrogens with zero attached hydrogens (tertiary/aromatic N) is 1. The van der Waals surface area contributed by atoms with Gasteiger partial charge in [-0.2, -0.15) is 0 Å². The van der Waals surface area contributed by atoms with E-state index in [0.29, 0.717) is 0 Å². The molecule has 1 heterocycles. The number of allylic oxidation sites excluding steroid dienone is 2. The molecule has 0 bridgehead atoms. The normalized spacial score (nSPS) is 14.3. The fraction of sp³-hybridized carbons (Fsp3) is 0.113. The average Bonchev–Trinajstić information content (AvgIpc) is 3.55. The first-order valence-corrected chi connectivity index (χ1v) is 19.3. The number of hydrogen-bond donors (Lipinski definition) is 1. The molecule has 7 aromatic carbocycles. The summed E-state index contributed by atoms with van der Waals surface area (Å²) in [5.41, 5.74) is 17.0. The van der Waals surface area contributed by atoms with Crippen LogP contribution in [-0.2, 0) is 0 Å². The molecule has 55 heavy (non-hydrogen) atoms. The third-order valence-electron chi connectivity index (χ3n) is 10.00. The van der Waals surface area contributed by atoms with Crippen LogP contribution in [0.1, 0.15) is 47.2 Å². The van der Waals surface area contributed by atoms with E-state index in [1.54, 1.807) is 0 Å². The van der Waals surface area contributed by atoms with Crippen LogP contribution < -0.4 is 5.32 Å². The van der Waals surface area contributed by atoms with Gasteiger partial charge in [0.1, 0.15) is 0 Å². The Labute approximate surface area is 327 Å². The van der Waals surface area contributed by atoms with Gasteiger partial charge in [-0.1, -0.05) is 213 Å². The van der Waals surface area contributed by atoms with E-state index in [-0.39, 0.29) is 6.04 Å². The van der Waals surface area contributed by atoms with Gasteiger partial charge in [0.15, 0.2) is 0 Å². The van der Waals surface area contributed by atoms with Crippen LogP contribution in [0, 0.1) is 20.8 Å². The SMILES string of the molecule is CC.Cc1ccc(-c2ccc(-c3ccc(C4=CC5=NC6=C(NC5C=C4)c4cccc5cccc6c45)cc3)cc2)cc1.Cc1ccccc1.Cc1ccccc1. The minimum atomic E-state index is 0.0865. The Bertz CT molecular complexity index is 2460. The summed E-state index contributed by atoms with van der Waals surface area (Å²) in [4.78, 5) is 5.19. The van der Waals surface area contributed by atoms with Crippen LogP contribution in [0.5, 0.6) is 0 Å². The van der Waals surface area contributed by atoms with Crippen LogP contribution in [0.4, 0.5) is 0 Å². The average molecular weight is 713 g/mol. The largest absolute Gasteiger partial charge is 0.371 e. The molecule has 1 unspecified atom stereocenters. The fourth-order valence-corrected chi connectivity index (χ4v) is 7.08. The maximum Gasteiger partial charge on any atom is 0.0950 e. The summed E-state index contributed by atoms with van der Waals surface area (Å²) in [6, 6.07) is 60.0. The topological polar surface area (TPSA) is 24.4 Å². The highest BCUT2D eigenvalue weighted by molar-refractivity contribution is 6.20. The van der Waals surface area contributed by atoms with E-state index in [0.717, 1.165) is 17.1 Å². The lowest BCUT2D eigenvalue weighted by atomic mass is 9.93. The fourth-order valence-electron chi connectivity index (χ4n) is 7.08. The molecule has 0 fully saturated rings. The van der Waals surface area contributed by atoms with Crippen LogP contribution in [0.3, 0.4) is 0 Å². The number of hydrogen-bond acceptors (Lipinski definition) is 2. The molecule has 0 amide bonds. The van der Waals surface area contributed by atoms with Gasteiger partial charge in [-0.05, 0) is 65.6 Å². The van der Waals surface area contributed by atoms with Crippen molar-refractivity contribution in [1.29, 1.82) is 0 Å². The predicted octanol–water partition coefficient (Wildman–Crippen LogP) is 13.7. The van der Waals surface area contributed by atoms with Gasteiger partial charge in [-0.25, -0.2) is 4.99 Å². The van der Waals surface area contributed by atoms with Crippen molar-refractivity contribution in [3.63, 3.8) is 0 Å². The first kappa shape index (κ1) is 36.8. The van der Waals surface area contributed by atoms with Crippen LogP contribution in [0.2, 0.25) is 0 Å². The number of rotatable bonds is 3. The highest BCUT2D eigenvalue weighted by Gasteiger charge is 2.31. The third kappa shape index (κ3) is 8.35. The summed E-state index contributed by atoms with van der Waals surface area (Å²) >= 11 is 0. The molecule has 0 saturated heterocycles. The van der Waals surface area contributed by atoms with Gasteiger partial charge in [-0.15, -0.1) is 0 Å². The van der Waals surface area contributed by atoms with Crippen LogP contribution in [0.25, 0.3) is 50.0 Å². The molecule has 1 N–H and O–H groups in total. The van der Waals surface area contributed by atoms with Crippen molar-refractivity contribution < 1.29 is 0 Å². The van der Waals surface area contributed by atoms with Crippen molar-refractivity contribution in [2.45, 2.75) is 40.7 Å². The number of nitrogens with one attached hydrogen (secondary N) is 1. The second-order valence-electron chi connectivity index (χ2n) is 13.9. The highest BCUT2D eigenvalue weighted by atomic mass is 15.0. The number of benzene rings is 7. The molecular weight excluding hydrogens is 665 g/mol. The monoisotopic (exact) mass is 712 g/mol. The molecule has 10 rings (SSSR count). The van der Waals surface area contributed by atoms with Gasteiger partial charge in [0.05, 0.1) is 23.1 Å². The highest BCUT2D eigenvalue weighted by Crippen LogP contribution is 2.44. The zero-order chi connectivity index (χ0) is 38.1. The Balaban J connectivity index is 0.000000243. The molecular formula is C53H48N2. The molecule has 1 aliphatic heterocycles. The van der Waals surface area contributed by atoms with Crippen LogP contribution >= 0.6 is 0 Å². The van der Waals surface area contributed by atoms with Gasteiger partial charge in [0, 0.05) is 16.5 Å². The van der Waals surface area contributed by atoms with Crippen molar-refractivity contribution in [2.75, 3.05) is 0 Å². The van der Waals surface area contributed by atoms with Crippen molar-refractivity contribution in [2.24, 2.45) is 4.99 Å². The summed E-state index contributed by atoms with van der Waals surface area (Å²) in [7, 11) is 0. The van der Waals surface area contributed by atoms with Crippen molar-refractivity contribution >= 4 is 33.5 Å². The minimum absolute atomic E-state index is 0.0865. The second-order valence-corrected chi connectivity index (χ2v) is 13.9. The zero-order valence-corrected chi connectivity index (χ0v) is 32.4. The van der Waals surface area contributed by atoms with Crippen LogP contribution in [0.15, 0.2) is 193 Å². The maximum atomic E-state index is 5.19. The van der Waals surface area contributed by atoms with Gasteiger partial charge in [0.25, 0.3) is 0 Å². The quantitative estimate of drug-likeness (QED) is 0.194. The van der Waals surface area contributed by atoms with Gasteiger partial charge in [0.2, 0.25) is 0 Å². The number of aliphatic imine (C=N–C) groups is 1. The summed E-state index contributed by atoms with van der Waals surface area (Å²) in [6.45, 7) is 10.3. The molecule has 2 heteroatoms. The molecule has 0 aromatic heterocycles. The lowest BCUT2D eigenvalue weighted by Crippen LogP contribution is -2.36. The van der Waals surface area contributed by atoms with Gasteiger partial charge in [-0.3, -0.25) is 0 Å². The summed E-state index contributed by atoms with van der Waals surface area (Å²) in [5, 5.41) is 6.33. The summed E-state index contributed by atoms with van der Waals surface area (Å²) < 4.78 is 0. The summed E-state index contributed by atoms with van der Waals surface area (Å²) in [5.74, 6) is 0. The third-order valence-corrected chi connectivity index (χ3v) is 10.00. The molecule has 1 atom stereocenters. The Kier molecular flexibility index (Phi) is 11.4. The first-order valence-electron chi connectivity index (χ1n) is 19.3. The van der Waals surface area contributed by atoms with E-state index in [9.17, 15) is 0 Å². The molecule has 270 valence electrons. The molecule has 2 nitrogen and oxygen atoms in total. The Morgan fingerprint density at radius 3 is 1.40 bits per heavy atom. The molecule has 2 aliphatic carbocycles. The van der Waals surface area contributed by atoms with Gasteiger partial charge >= 0.3 is 0 Å². The smallest absolute Gasteiger partial charge is 0.0950 e. The predicted molar refractivity (Wildman–Crippen MR) is 238 cm³/mol. The standard InChI is InChI=1S/C37H26N2.2C7H8.C2H6/c1-23-8-10-24(11-9-23)25-12-14-26(15-13-25)27-16-18-28(19-17-27)30-20-21-33-34(22-30)39-37-32-7-3-5-29-4-2-6-31(35(29)32)36(37)38-33;2*1-7-5-3-2-4-6-7;1-2/h2-22,33,38H,1H3;2*2-6H,1H3;1-2H3. The lowest BCUT2D eigenvalue weighted by molar-refractivity contribution is 0.887. The number of fused-ring (bicyclic) bond motifs is 3. The minimum Gasteiger partial charge on any atom is -0.371 e. The molecule has 0 spiro atoms. The Morgan fingerprint density at radius 1 is 0.455 bits per heavy atom. The molecule has 3 aliphatic rings. The van der Waals surface area contributed by atoms with E-state index in [1.165, 1.54) is 72.0 Å². The summed E-state index contributed by atoms with van der Waals surface area (Å²) in [6.07, 6.45) is 6.69. The zero-order valence-electron chi connectivity index (χ0n) is 32.4. The molecule has 0 saturated carbocycles.